The number of hydrogen-bond donors (Lipinski definition) is 1. The van der Waals surface area contributed by atoms with Crippen molar-refractivity contribution in [1.82, 2.24) is 0 Å². The summed E-state index contributed by atoms with van der Waals surface area (Å²) < 4.78 is 24.5. The second-order valence-corrected chi connectivity index (χ2v) is 1.35. The molecule has 0 heterocycles. The average molecular weight is 284 g/mol. The Morgan fingerprint density at radius 3 is 1.33 bits per heavy atom. The third kappa shape index (κ3) is 36.7. The van der Waals surface area contributed by atoms with Gasteiger partial charge in [-0.2, -0.15) is 0 Å². The van der Waals surface area contributed by atoms with Crippen LogP contribution in [-0.4, -0.2) is 54.4 Å². The molecule has 6 heavy (non-hydrogen) atoms. The molecule has 0 aromatic heterocycles. The van der Waals surface area contributed by atoms with E-state index in [0.29, 0.717) is 0 Å². The Hall–Kier alpha value is 2.05. The Balaban J connectivity index is -0.0000000450. The second-order valence-electron chi connectivity index (χ2n) is 0.201. The molecule has 0 saturated carbocycles. The van der Waals surface area contributed by atoms with Crippen LogP contribution in [0, 0.1) is 0 Å². The maximum absolute atomic E-state index is 8.68. The van der Waals surface area contributed by atoms with Crippen molar-refractivity contribution in [3.05, 3.63) is 0 Å². The predicted octanol–water partition coefficient (Wildman–Crippen LogP) is -7.67. The van der Waals surface area contributed by atoms with Gasteiger partial charge in [-0.3, -0.25) is 0 Å². The first kappa shape index (κ1) is 15.7. The van der Waals surface area contributed by atoms with Gasteiger partial charge in [-0.15, -0.1) is 0 Å². The van der Waals surface area contributed by atoms with Gasteiger partial charge in [-0.05, 0) is 3.44 Å². The van der Waals surface area contributed by atoms with E-state index in [2.05, 4.69) is 0 Å². The topological polar surface area (TPSA) is 97.9 Å². The first-order valence-corrected chi connectivity index (χ1v) is 3.20. The Morgan fingerprint density at radius 1 is 1.33 bits per heavy atom. The van der Waals surface area contributed by atoms with Crippen molar-refractivity contribution in [2.45, 2.75) is 0 Å². The van der Waals surface area contributed by atoms with E-state index >= 15 is 0 Å². The third-order valence-electron chi connectivity index (χ3n) is 0. The summed E-state index contributed by atoms with van der Waals surface area (Å²) in [6, 6.07) is 0. The number of hydrogen-bond acceptors (Lipinski definition) is 3. The first-order valence-electron chi connectivity index (χ1n) is 0.478. The van der Waals surface area contributed by atoms with Crippen LogP contribution in [-0.2, 0) is 0 Å². The molecule has 0 atom stereocenters. The van der Waals surface area contributed by atoms with Crippen LogP contribution in [0.2, 0.25) is 0 Å². The molecule has 0 bridgehead atoms. The minimum absolute atomic E-state index is 0. The van der Waals surface area contributed by atoms with E-state index in [0.717, 1.165) is 0 Å². The molecular weight excluding hydrogens is 279 g/mol. The van der Waals surface area contributed by atoms with Gasteiger partial charge >= 0.3 is 66.5 Å². The van der Waals surface area contributed by atoms with Crippen LogP contribution in [0.5, 0.6) is 0 Å². The number of halogens is 1. The minimum atomic E-state index is -3.76. The average Bonchev–Trinajstić information content (AvgIpc) is 0.811. The second kappa shape index (κ2) is 10.1. The zero-order valence-electron chi connectivity index (χ0n) is 2.14. The fourth-order valence-corrected chi connectivity index (χ4v) is 0. The van der Waals surface area contributed by atoms with Crippen molar-refractivity contribution in [3.8, 4) is 0 Å². The molecule has 0 spiro atoms. The molecule has 4 nitrogen and oxygen atoms in total. The van der Waals surface area contributed by atoms with Crippen LogP contribution in [0.15, 0.2) is 0 Å². The van der Waals surface area contributed by atoms with Gasteiger partial charge in [0, 0.05) is 0 Å². The van der Waals surface area contributed by atoms with Crippen LogP contribution >= 0.6 is 0 Å². The molecule has 0 aromatic rings. The fourth-order valence-electron chi connectivity index (χ4n) is 0. The van der Waals surface area contributed by atoms with Crippen LogP contribution in [0.4, 0.5) is 0 Å². The summed E-state index contributed by atoms with van der Waals surface area (Å²) in [5.41, 5.74) is 0. The van der Waals surface area contributed by atoms with E-state index in [1.165, 1.54) is 0 Å². The van der Waals surface area contributed by atoms with Crippen LogP contribution in [0.25, 0.3) is 0 Å². The fraction of sp³-hybridized carbons (Fsp3) is 0. The molecular formula is H5IO4Sr. The summed E-state index contributed by atoms with van der Waals surface area (Å²) in [6.45, 7) is 0. The molecule has 0 aliphatic carbocycles. The molecule has 0 aromatic carbocycles. The molecule has 3 N–H and O–H groups in total. The van der Waals surface area contributed by atoms with E-state index < -0.39 is 21.1 Å². The molecule has 6 heteroatoms. The van der Waals surface area contributed by atoms with E-state index in [1.54, 1.807) is 0 Å². The summed E-state index contributed by atoms with van der Waals surface area (Å²) in [5.74, 6) is 0. The molecule has 0 radical (unpaired) electrons. The maximum atomic E-state index is 8.68. The van der Waals surface area contributed by atoms with E-state index in [4.69, 9.17) is 10.3 Å². The Kier molecular flexibility index (Phi) is 26.5. The van der Waals surface area contributed by atoms with Crippen molar-refractivity contribution in [1.29, 1.82) is 0 Å². The zero-order chi connectivity index (χ0) is 3.58. The first-order chi connectivity index (χ1) is 1.73. The monoisotopic (exact) mass is 284 g/mol. The Morgan fingerprint density at radius 2 is 1.33 bits per heavy atom. The van der Waals surface area contributed by atoms with Gasteiger partial charge in [0.2, 0.25) is 0 Å². The molecule has 0 unspecified atom stereocenters. The molecule has 0 amide bonds. The summed E-state index contributed by atoms with van der Waals surface area (Å²) >= 11 is -3.76. The summed E-state index contributed by atoms with van der Waals surface area (Å²) in [5, 5.41) is 0. The van der Waals surface area contributed by atoms with Crippen molar-refractivity contribution in [2.75, 3.05) is 0 Å². The van der Waals surface area contributed by atoms with Gasteiger partial charge in [0.1, 0.15) is 0 Å². The van der Waals surface area contributed by atoms with Gasteiger partial charge < -0.3 is 12.3 Å². The van der Waals surface area contributed by atoms with Crippen LogP contribution in [0.3, 0.4) is 0 Å². The van der Waals surface area contributed by atoms with Crippen molar-refractivity contribution in [2.24, 2.45) is 0 Å². The van der Waals surface area contributed by atoms with Gasteiger partial charge in [0.25, 0.3) is 0 Å². The molecule has 0 saturated heterocycles. The Labute approximate surface area is 80.8 Å². The molecule has 0 aliphatic rings. The normalized spacial score (nSPS) is 6.00. The quantitative estimate of drug-likeness (QED) is 0.353. The van der Waals surface area contributed by atoms with Gasteiger partial charge in [0.05, 0.1) is 0 Å². The van der Waals surface area contributed by atoms with Gasteiger partial charge in [0.15, 0.2) is 0 Å². The van der Waals surface area contributed by atoms with Gasteiger partial charge in [-0.1, -0.05) is 0 Å². The van der Waals surface area contributed by atoms with Crippen molar-refractivity contribution in [3.63, 3.8) is 0 Å². The summed E-state index contributed by atoms with van der Waals surface area (Å²) in [4.78, 5) is 0. The standard InChI is InChI=1S/HIO3.H2O.Sr.2H/c2-1(3)4;;;;/h2H;1H2;;;. The molecule has 38 valence electrons. The molecule has 0 aliphatic heterocycles. The van der Waals surface area contributed by atoms with E-state index in [1.807, 2.05) is 0 Å². The third-order valence-corrected chi connectivity index (χ3v) is 0. The predicted molar refractivity (Wildman–Crippen MR) is 14.4 cm³/mol. The van der Waals surface area contributed by atoms with Crippen LogP contribution < -0.4 is 27.9 Å². The molecule has 0 rings (SSSR count). The van der Waals surface area contributed by atoms with E-state index in [-0.39, 0.29) is 51.0 Å². The Bertz CT molecular complexity index is 12.3. The molecule has 0 fully saturated rings. The number of rotatable bonds is 0. The van der Waals surface area contributed by atoms with Crippen LogP contribution in [0.1, 0.15) is 0 Å². The SMILES string of the molecule is O.[O-][I+2]([O-])O.[SrH2]. The van der Waals surface area contributed by atoms with E-state index in [9.17, 15) is 0 Å². The summed E-state index contributed by atoms with van der Waals surface area (Å²) in [6.07, 6.45) is 0. The van der Waals surface area contributed by atoms with Gasteiger partial charge in [-0.25, -0.2) is 0 Å². The van der Waals surface area contributed by atoms with Crippen molar-refractivity contribution >= 4 is 45.5 Å². The zero-order valence-corrected chi connectivity index (χ0v) is 4.30. The van der Waals surface area contributed by atoms with Crippen molar-refractivity contribution < 1.29 is 36.8 Å². The summed E-state index contributed by atoms with van der Waals surface area (Å²) in [7, 11) is 0.